The van der Waals surface area contributed by atoms with Crippen LogP contribution < -0.4 is 0 Å². The quantitative estimate of drug-likeness (QED) is 0.354. The average molecular weight is 163 g/mol. The number of nitrogens with zero attached hydrogens (tertiary/aromatic N) is 1. The molecule has 0 amide bonds. The van der Waals surface area contributed by atoms with Gasteiger partial charge >= 0.3 is 0 Å². The molecule has 1 atom stereocenters. The lowest BCUT2D eigenvalue weighted by Gasteiger charge is -1.89. The van der Waals surface area contributed by atoms with Gasteiger partial charge in [0, 0.05) is 0 Å². The summed E-state index contributed by atoms with van der Waals surface area (Å²) < 4.78 is 4.63. The smallest absolute Gasteiger partial charge is 0.294 e. The van der Waals surface area contributed by atoms with Gasteiger partial charge in [-0.25, -0.2) is 0 Å². The first kappa shape index (κ1) is 10.2. The van der Waals surface area contributed by atoms with Gasteiger partial charge in [0.1, 0.15) is 12.7 Å². The molecule has 66 valence electrons. The largest absolute Gasteiger partial charge is 0.371 e. The molecule has 0 saturated carbocycles. The molecule has 0 aliphatic carbocycles. The molecule has 1 rings (SSSR count). The fourth-order valence-electron chi connectivity index (χ4n) is 0.308. The minimum Gasteiger partial charge on any atom is -0.371 e. The summed E-state index contributed by atoms with van der Waals surface area (Å²) in [7, 11) is 0. The third-order valence-corrected chi connectivity index (χ3v) is 0.768. The summed E-state index contributed by atoms with van der Waals surface area (Å²) in [5.41, 5.74) is 0. The molecule has 1 saturated heterocycles. The number of hydrogen-bond donors (Lipinski definition) is 0. The summed E-state index contributed by atoms with van der Waals surface area (Å²) in [6.07, 6.45) is 1.22. The molecule has 0 aromatic carbocycles. The topological polar surface area (TPSA) is 64.9 Å². The lowest BCUT2D eigenvalue weighted by Crippen LogP contribution is -2.06. The van der Waals surface area contributed by atoms with Crippen molar-refractivity contribution in [1.82, 2.24) is 0 Å². The van der Waals surface area contributed by atoms with Gasteiger partial charge in [-0.05, 0) is 0 Å². The molecule has 1 heterocycles. The molecule has 5 nitrogen and oxygen atoms in total. The van der Waals surface area contributed by atoms with Crippen LogP contribution in [0.5, 0.6) is 0 Å². The standard InChI is InChI=1S/C3H5NO4.C3H8/c5-4(6)8-2-3-1-7-3;1-3-2/h3H,1-2H2;3H2,1-2H3. The van der Waals surface area contributed by atoms with E-state index in [-0.39, 0.29) is 12.7 Å². The number of epoxide rings is 1. The van der Waals surface area contributed by atoms with Crippen LogP contribution in [-0.4, -0.2) is 24.4 Å². The monoisotopic (exact) mass is 163 g/mol. The molecule has 1 aliphatic rings. The summed E-state index contributed by atoms with van der Waals surface area (Å²) in [5, 5.41) is 8.64. The van der Waals surface area contributed by atoms with Crippen LogP contribution in [0.2, 0.25) is 0 Å². The Morgan fingerprint density at radius 3 is 2.45 bits per heavy atom. The van der Waals surface area contributed by atoms with Crippen molar-refractivity contribution < 1.29 is 14.7 Å². The van der Waals surface area contributed by atoms with Gasteiger partial charge in [0.15, 0.2) is 0 Å². The van der Waals surface area contributed by atoms with E-state index in [2.05, 4.69) is 23.4 Å². The fraction of sp³-hybridized carbons (Fsp3) is 1.00. The maximum absolute atomic E-state index is 9.46. The van der Waals surface area contributed by atoms with E-state index in [0.717, 1.165) is 0 Å². The molecule has 1 aliphatic heterocycles. The van der Waals surface area contributed by atoms with Crippen LogP contribution in [0.25, 0.3) is 0 Å². The lowest BCUT2D eigenvalue weighted by atomic mass is 10.5. The Balaban J connectivity index is 0.000000292. The normalized spacial score (nSPS) is 19.6. The van der Waals surface area contributed by atoms with Crippen molar-refractivity contribution in [2.45, 2.75) is 26.4 Å². The van der Waals surface area contributed by atoms with E-state index >= 15 is 0 Å². The first-order chi connectivity index (χ1) is 5.20. The maximum Gasteiger partial charge on any atom is 0.294 e. The van der Waals surface area contributed by atoms with E-state index in [1.54, 1.807) is 0 Å². The Hall–Kier alpha value is -0.840. The second-order valence-corrected chi connectivity index (χ2v) is 2.18. The van der Waals surface area contributed by atoms with Crippen molar-refractivity contribution in [3.8, 4) is 0 Å². The average Bonchev–Trinajstić information content (AvgIpc) is 2.67. The highest BCUT2D eigenvalue weighted by Crippen LogP contribution is 2.07. The fourth-order valence-corrected chi connectivity index (χ4v) is 0.308. The van der Waals surface area contributed by atoms with Gasteiger partial charge in [0.2, 0.25) is 0 Å². The highest BCUT2D eigenvalue weighted by molar-refractivity contribution is 4.65. The van der Waals surface area contributed by atoms with Crippen LogP contribution in [0.1, 0.15) is 20.3 Å². The molecule has 1 fully saturated rings. The minimum atomic E-state index is -0.818. The van der Waals surface area contributed by atoms with Gasteiger partial charge in [-0.3, -0.25) is 0 Å². The van der Waals surface area contributed by atoms with Gasteiger partial charge in [0.25, 0.3) is 5.09 Å². The number of hydrogen-bond acceptors (Lipinski definition) is 4. The van der Waals surface area contributed by atoms with Gasteiger partial charge in [-0.1, -0.05) is 20.3 Å². The third kappa shape index (κ3) is 9.16. The molecule has 0 aromatic heterocycles. The summed E-state index contributed by atoms with van der Waals surface area (Å²) in [6, 6.07) is 0. The van der Waals surface area contributed by atoms with Crippen molar-refractivity contribution >= 4 is 0 Å². The molecule has 1 unspecified atom stereocenters. The van der Waals surface area contributed by atoms with E-state index in [1.807, 2.05) is 0 Å². The molecule has 0 N–H and O–H groups in total. The Morgan fingerprint density at radius 1 is 1.73 bits per heavy atom. The predicted octanol–water partition coefficient (Wildman–Crippen LogP) is 1.01. The Labute approximate surface area is 65.4 Å². The summed E-state index contributed by atoms with van der Waals surface area (Å²) in [5.74, 6) is 0. The highest BCUT2D eigenvalue weighted by atomic mass is 17.0. The molecular weight excluding hydrogens is 150 g/mol. The molecule has 0 bridgehead atoms. The lowest BCUT2D eigenvalue weighted by molar-refractivity contribution is -0.758. The first-order valence-corrected chi connectivity index (χ1v) is 3.59. The second kappa shape index (κ2) is 5.91. The third-order valence-electron chi connectivity index (χ3n) is 0.768. The van der Waals surface area contributed by atoms with E-state index in [0.29, 0.717) is 6.61 Å². The zero-order valence-electron chi connectivity index (χ0n) is 6.78. The van der Waals surface area contributed by atoms with Crippen LogP contribution in [0, 0.1) is 10.1 Å². The Kier molecular flexibility index (Phi) is 5.46. The molecule has 0 aromatic rings. The van der Waals surface area contributed by atoms with Crippen LogP contribution >= 0.6 is 0 Å². The molecule has 5 heteroatoms. The van der Waals surface area contributed by atoms with Crippen molar-refractivity contribution in [2.24, 2.45) is 0 Å². The molecule has 0 radical (unpaired) electrons. The summed E-state index contributed by atoms with van der Waals surface area (Å²) in [4.78, 5) is 13.4. The molecule has 0 spiro atoms. The van der Waals surface area contributed by atoms with E-state index in [9.17, 15) is 10.1 Å². The van der Waals surface area contributed by atoms with Crippen molar-refractivity contribution in [1.29, 1.82) is 0 Å². The predicted molar refractivity (Wildman–Crippen MR) is 38.7 cm³/mol. The summed E-state index contributed by atoms with van der Waals surface area (Å²) >= 11 is 0. The van der Waals surface area contributed by atoms with E-state index in [4.69, 9.17) is 0 Å². The zero-order valence-corrected chi connectivity index (χ0v) is 6.78. The van der Waals surface area contributed by atoms with Crippen molar-refractivity contribution in [3.63, 3.8) is 0 Å². The minimum absolute atomic E-state index is 0.0274. The van der Waals surface area contributed by atoms with Gasteiger partial charge < -0.3 is 9.57 Å². The van der Waals surface area contributed by atoms with Crippen LogP contribution in [0.15, 0.2) is 0 Å². The van der Waals surface area contributed by atoms with Crippen LogP contribution in [-0.2, 0) is 9.57 Å². The Bertz CT molecular complexity index is 113. The Morgan fingerprint density at radius 2 is 2.18 bits per heavy atom. The highest BCUT2D eigenvalue weighted by Gasteiger charge is 2.23. The molecule has 11 heavy (non-hydrogen) atoms. The van der Waals surface area contributed by atoms with Gasteiger partial charge in [-0.2, -0.15) is 0 Å². The summed E-state index contributed by atoms with van der Waals surface area (Å²) in [6.45, 7) is 4.92. The van der Waals surface area contributed by atoms with Crippen molar-refractivity contribution in [3.05, 3.63) is 10.1 Å². The van der Waals surface area contributed by atoms with Gasteiger partial charge in [0.05, 0.1) is 6.61 Å². The number of rotatable bonds is 3. The van der Waals surface area contributed by atoms with Gasteiger partial charge in [-0.15, -0.1) is 10.1 Å². The number of ether oxygens (including phenoxy) is 1. The molecular formula is C6H13NO4. The van der Waals surface area contributed by atoms with Crippen LogP contribution in [0.4, 0.5) is 0 Å². The maximum atomic E-state index is 9.46. The second-order valence-electron chi connectivity index (χ2n) is 2.18. The van der Waals surface area contributed by atoms with E-state index < -0.39 is 5.09 Å². The van der Waals surface area contributed by atoms with E-state index in [1.165, 1.54) is 6.42 Å². The zero-order chi connectivity index (χ0) is 8.69. The SMILES string of the molecule is CCC.O=[N+]([O-])OCC1CO1. The van der Waals surface area contributed by atoms with Crippen LogP contribution in [0.3, 0.4) is 0 Å². The first-order valence-electron chi connectivity index (χ1n) is 3.59. The van der Waals surface area contributed by atoms with Crippen molar-refractivity contribution in [2.75, 3.05) is 13.2 Å².